The Kier molecular flexibility index (Phi) is 14.6. The normalized spacial score (nSPS) is 17.5. The smallest absolute Gasteiger partial charge is 0.317 e. The summed E-state index contributed by atoms with van der Waals surface area (Å²) in [6, 6.07) is 7.23. The molecule has 1 heterocycles. The Morgan fingerprint density at radius 2 is 1.00 bits per heavy atom. The molecule has 14 heteroatoms. The Labute approximate surface area is 246 Å². The zero-order valence-corrected chi connectivity index (χ0v) is 24.6. The van der Waals surface area contributed by atoms with Gasteiger partial charge in [-0.15, -0.1) is 0 Å². The summed E-state index contributed by atoms with van der Waals surface area (Å²) in [6.07, 6.45) is 0.932. The summed E-state index contributed by atoms with van der Waals surface area (Å²) in [5.41, 5.74) is 1.44. The van der Waals surface area contributed by atoms with Gasteiger partial charge < -0.3 is 26.0 Å². The van der Waals surface area contributed by atoms with Gasteiger partial charge in [0.15, 0.2) is 0 Å². The summed E-state index contributed by atoms with van der Waals surface area (Å²) in [6.45, 7) is 6.19. The van der Waals surface area contributed by atoms with Gasteiger partial charge in [0.05, 0.1) is 31.2 Å². The number of carboxylic acid groups (broad SMARTS) is 3. The van der Waals surface area contributed by atoms with Crippen LogP contribution in [0.4, 0.5) is 11.4 Å². The SMILES string of the molecule is CCC(C)C(=S)Nc1ccc(NC(=O)CN2CCN(CC(=O)O)CCN(CC(=O)O)CCN(CC(=O)O)CC2)cc1. The van der Waals surface area contributed by atoms with Crippen molar-refractivity contribution >= 4 is 52.4 Å². The number of carbonyl (C=O) groups is 4. The zero-order valence-electron chi connectivity index (χ0n) is 23.8. The highest BCUT2D eigenvalue weighted by atomic mass is 32.1. The summed E-state index contributed by atoms with van der Waals surface area (Å²) in [5.74, 6) is -3.01. The van der Waals surface area contributed by atoms with Crippen LogP contribution in [0.25, 0.3) is 0 Å². The zero-order chi connectivity index (χ0) is 30.4. The first-order valence-electron chi connectivity index (χ1n) is 13.7. The number of hydrogen-bond acceptors (Lipinski definition) is 9. The highest BCUT2D eigenvalue weighted by Crippen LogP contribution is 2.16. The lowest BCUT2D eigenvalue weighted by atomic mass is 10.1. The van der Waals surface area contributed by atoms with Crippen LogP contribution in [-0.2, 0) is 19.2 Å². The highest BCUT2D eigenvalue weighted by Gasteiger charge is 2.21. The lowest BCUT2D eigenvalue weighted by molar-refractivity contribution is -0.140. The number of rotatable bonds is 12. The van der Waals surface area contributed by atoms with Crippen molar-refractivity contribution < 1.29 is 34.5 Å². The Morgan fingerprint density at radius 3 is 1.32 bits per heavy atom. The summed E-state index contributed by atoms with van der Waals surface area (Å²) in [5, 5.41) is 34.1. The van der Waals surface area contributed by atoms with Crippen molar-refractivity contribution in [2.24, 2.45) is 5.92 Å². The van der Waals surface area contributed by atoms with Crippen molar-refractivity contribution in [2.75, 3.05) is 89.2 Å². The molecular formula is C27H42N6O7S. The van der Waals surface area contributed by atoms with Gasteiger partial charge in [-0.1, -0.05) is 26.1 Å². The number of aliphatic carboxylic acids is 3. The number of carboxylic acids is 3. The second-order valence-electron chi connectivity index (χ2n) is 10.2. The maximum absolute atomic E-state index is 12.9. The molecule has 5 N–H and O–H groups in total. The molecule has 0 aromatic heterocycles. The van der Waals surface area contributed by atoms with E-state index in [1.54, 1.807) is 26.8 Å². The van der Waals surface area contributed by atoms with Crippen LogP contribution < -0.4 is 10.6 Å². The maximum atomic E-state index is 12.9. The average molecular weight is 595 g/mol. The van der Waals surface area contributed by atoms with Gasteiger partial charge in [0.25, 0.3) is 0 Å². The van der Waals surface area contributed by atoms with Crippen molar-refractivity contribution in [3.8, 4) is 0 Å². The molecule has 0 saturated carbocycles. The minimum absolute atomic E-state index is 0.0328. The largest absolute Gasteiger partial charge is 0.480 e. The fraction of sp³-hybridized carbons (Fsp3) is 0.593. The van der Waals surface area contributed by atoms with Crippen LogP contribution in [0.2, 0.25) is 0 Å². The van der Waals surface area contributed by atoms with Crippen LogP contribution in [-0.4, -0.2) is 142 Å². The molecule has 1 amide bonds. The molecule has 2 rings (SSSR count). The minimum Gasteiger partial charge on any atom is -0.480 e. The Balaban J connectivity index is 2.08. The summed E-state index contributed by atoms with van der Waals surface area (Å²) < 4.78 is 0. The molecule has 0 spiro atoms. The van der Waals surface area contributed by atoms with Crippen molar-refractivity contribution in [2.45, 2.75) is 20.3 Å². The summed E-state index contributed by atoms with van der Waals surface area (Å²) >= 11 is 5.41. The van der Waals surface area contributed by atoms with Crippen LogP contribution in [0.1, 0.15) is 20.3 Å². The first kappa shape index (κ1) is 34.0. The van der Waals surface area contributed by atoms with Gasteiger partial charge in [0, 0.05) is 69.7 Å². The Morgan fingerprint density at radius 1 is 0.683 bits per heavy atom. The second kappa shape index (κ2) is 17.6. The van der Waals surface area contributed by atoms with Gasteiger partial charge in [-0.2, -0.15) is 0 Å². The molecule has 1 aromatic rings. The fourth-order valence-electron chi connectivity index (χ4n) is 4.28. The van der Waals surface area contributed by atoms with Gasteiger partial charge in [-0.05, 0) is 30.7 Å². The van der Waals surface area contributed by atoms with Gasteiger partial charge in [0.1, 0.15) is 0 Å². The van der Waals surface area contributed by atoms with Crippen LogP contribution in [0.15, 0.2) is 24.3 Å². The molecule has 13 nitrogen and oxygen atoms in total. The van der Waals surface area contributed by atoms with Gasteiger partial charge in [0.2, 0.25) is 5.91 Å². The number of benzene rings is 1. The van der Waals surface area contributed by atoms with E-state index in [0.29, 0.717) is 58.0 Å². The molecular weight excluding hydrogens is 552 g/mol. The fourth-order valence-corrected chi connectivity index (χ4v) is 4.56. The summed E-state index contributed by atoms with van der Waals surface area (Å²) in [7, 11) is 0. The second-order valence-corrected chi connectivity index (χ2v) is 10.6. The number of nitrogens with one attached hydrogen (secondary N) is 2. The number of thiocarbonyl (C=S) groups is 1. The predicted molar refractivity (Wildman–Crippen MR) is 159 cm³/mol. The number of nitrogens with zero attached hydrogens (tertiary/aromatic N) is 4. The number of anilines is 2. The molecule has 1 aliphatic heterocycles. The van der Waals surface area contributed by atoms with E-state index in [0.717, 1.165) is 17.1 Å². The third-order valence-electron chi connectivity index (χ3n) is 6.87. The predicted octanol–water partition coefficient (Wildman–Crippen LogP) is 0.886. The van der Waals surface area contributed by atoms with Crippen LogP contribution in [0.3, 0.4) is 0 Å². The van der Waals surface area contributed by atoms with Crippen molar-refractivity contribution in [1.82, 2.24) is 19.6 Å². The number of amides is 1. The van der Waals surface area contributed by atoms with E-state index in [1.165, 1.54) is 0 Å². The molecule has 1 unspecified atom stereocenters. The Hall–Kier alpha value is -3.17. The molecule has 228 valence electrons. The van der Waals surface area contributed by atoms with Crippen LogP contribution in [0.5, 0.6) is 0 Å². The molecule has 1 fully saturated rings. The van der Waals surface area contributed by atoms with Gasteiger partial charge in [-0.3, -0.25) is 38.8 Å². The third-order valence-corrected chi connectivity index (χ3v) is 7.37. The van der Waals surface area contributed by atoms with E-state index in [2.05, 4.69) is 24.5 Å². The van der Waals surface area contributed by atoms with E-state index >= 15 is 0 Å². The van der Waals surface area contributed by atoms with Crippen molar-refractivity contribution in [3.05, 3.63) is 24.3 Å². The summed E-state index contributed by atoms with van der Waals surface area (Å²) in [4.78, 5) is 54.9. The quantitative estimate of drug-likeness (QED) is 0.217. The van der Waals surface area contributed by atoms with E-state index in [9.17, 15) is 34.5 Å². The van der Waals surface area contributed by atoms with E-state index < -0.39 is 17.9 Å². The molecule has 1 aromatic carbocycles. The average Bonchev–Trinajstić information content (AvgIpc) is 2.89. The molecule has 0 aliphatic carbocycles. The van der Waals surface area contributed by atoms with Gasteiger partial charge in [-0.25, -0.2) is 0 Å². The van der Waals surface area contributed by atoms with Gasteiger partial charge >= 0.3 is 17.9 Å². The first-order valence-corrected chi connectivity index (χ1v) is 14.1. The number of hydrogen-bond donors (Lipinski definition) is 5. The van der Waals surface area contributed by atoms with E-state index in [1.807, 2.05) is 17.0 Å². The Bertz CT molecular complexity index is 1010. The van der Waals surface area contributed by atoms with Crippen molar-refractivity contribution in [1.29, 1.82) is 0 Å². The lowest BCUT2D eigenvalue weighted by Crippen LogP contribution is -2.49. The molecule has 1 atom stereocenters. The molecule has 1 aliphatic rings. The monoisotopic (exact) mass is 594 g/mol. The standard InChI is InChI=1S/C27H42N6O7S/c1-3-20(2)27(41)29-22-6-4-21(5-7-22)28-23(34)16-30-8-10-31(17-24(35)36)12-14-33(19-26(39)40)15-13-32(11-9-30)18-25(37)38/h4-7,20H,3,8-19H2,1-2H3,(H,28,34)(H,29,41)(H,35,36)(H,37,38)(H,39,40). The highest BCUT2D eigenvalue weighted by molar-refractivity contribution is 7.80. The van der Waals surface area contributed by atoms with Crippen LogP contribution >= 0.6 is 12.2 Å². The van der Waals surface area contributed by atoms with Crippen molar-refractivity contribution in [3.63, 3.8) is 0 Å². The molecule has 0 bridgehead atoms. The molecule has 41 heavy (non-hydrogen) atoms. The van der Waals surface area contributed by atoms with E-state index in [-0.39, 0.29) is 38.0 Å². The first-order chi connectivity index (χ1) is 19.4. The lowest BCUT2D eigenvalue weighted by Gasteiger charge is -2.32. The maximum Gasteiger partial charge on any atom is 0.317 e. The molecule has 1 saturated heterocycles. The van der Waals surface area contributed by atoms with Crippen LogP contribution in [0, 0.1) is 5.92 Å². The van der Waals surface area contributed by atoms with E-state index in [4.69, 9.17) is 12.2 Å². The molecule has 0 radical (unpaired) electrons. The minimum atomic E-state index is -1.01. The third kappa shape index (κ3) is 13.8. The number of carbonyl (C=O) groups excluding carboxylic acids is 1. The topological polar surface area (TPSA) is 166 Å².